The third kappa shape index (κ3) is 2.62. The van der Waals surface area contributed by atoms with Gasteiger partial charge in [0.25, 0.3) is 0 Å². The highest BCUT2D eigenvalue weighted by Gasteiger charge is 2.12. The van der Waals surface area contributed by atoms with Crippen LogP contribution in [0.5, 0.6) is 5.75 Å². The lowest BCUT2D eigenvalue weighted by molar-refractivity contribution is 0.263. The van der Waals surface area contributed by atoms with Gasteiger partial charge in [-0.05, 0) is 38.4 Å². The van der Waals surface area contributed by atoms with E-state index in [1.165, 1.54) is 0 Å². The van der Waals surface area contributed by atoms with E-state index in [-0.39, 0.29) is 5.43 Å². The van der Waals surface area contributed by atoms with Gasteiger partial charge in [0.2, 0.25) is 5.43 Å². The highest BCUT2D eigenvalue weighted by atomic mass is 16.5. The topological polar surface area (TPSA) is 42.7 Å². The van der Waals surface area contributed by atoms with Crippen LogP contribution in [0.2, 0.25) is 0 Å². The Balaban J connectivity index is 2.13. The number of hydrogen-bond acceptors (Lipinski definition) is 4. The summed E-state index contributed by atoms with van der Waals surface area (Å²) in [4.78, 5) is 14.7. The van der Waals surface area contributed by atoms with E-state index < -0.39 is 0 Å². The Labute approximate surface area is 122 Å². The van der Waals surface area contributed by atoms with Crippen LogP contribution in [0.15, 0.2) is 51.7 Å². The molecule has 2 aromatic carbocycles. The van der Waals surface area contributed by atoms with Gasteiger partial charge in [-0.3, -0.25) is 4.79 Å². The molecule has 0 N–H and O–H groups in total. The number of likely N-dealkylation sites (N-methyl/N-ethyl adjacent to an activating group) is 1. The van der Waals surface area contributed by atoms with E-state index in [9.17, 15) is 4.79 Å². The fourth-order valence-electron chi connectivity index (χ4n) is 2.27. The van der Waals surface area contributed by atoms with Gasteiger partial charge >= 0.3 is 0 Å². The van der Waals surface area contributed by atoms with Crippen LogP contribution in [-0.4, -0.2) is 32.1 Å². The van der Waals surface area contributed by atoms with Crippen molar-refractivity contribution in [3.63, 3.8) is 0 Å². The van der Waals surface area contributed by atoms with Crippen molar-refractivity contribution in [3.05, 3.63) is 52.7 Å². The molecule has 108 valence electrons. The zero-order valence-electron chi connectivity index (χ0n) is 12.1. The number of rotatable bonds is 4. The molecule has 0 unspecified atom stereocenters. The maximum atomic E-state index is 12.7. The Morgan fingerprint density at radius 2 is 1.81 bits per heavy atom. The zero-order chi connectivity index (χ0) is 14.8. The van der Waals surface area contributed by atoms with Crippen molar-refractivity contribution >= 4 is 21.9 Å². The lowest BCUT2D eigenvalue weighted by Gasteiger charge is -2.12. The average molecular weight is 283 g/mol. The molecule has 0 atom stereocenters. The standard InChI is InChI=1S/C17H17NO3/c1-18(2)10-11-20-14-8-5-9-15-16(14)17(19)12-6-3-4-7-13(12)21-15/h3-9H,10-11H2,1-2H3. The van der Waals surface area contributed by atoms with E-state index >= 15 is 0 Å². The van der Waals surface area contributed by atoms with Crippen LogP contribution in [-0.2, 0) is 0 Å². The van der Waals surface area contributed by atoms with Crippen molar-refractivity contribution in [2.45, 2.75) is 0 Å². The summed E-state index contributed by atoms with van der Waals surface area (Å²) in [7, 11) is 3.96. The first-order chi connectivity index (χ1) is 10.2. The van der Waals surface area contributed by atoms with Gasteiger partial charge in [-0.25, -0.2) is 0 Å². The molecule has 3 rings (SSSR count). The largest absolute Gasteiger partial charge is 0.491 e. The molecular weight excluding hydrogens is 266 g/mol. The van der Waals surface area contributed by atoms with E-state index in [0.29, 0.717) is 34.3 Å². The average Bonchev–Trinajstić information content (AvgIpc) is 2.47. The molecule has 0 spiro atoms. The second-order valence-electron chi connectivity index (χ2n) is 5.21. The normalized spacial score (nSPS) is 11.4. The molecule has 3 aromatic rings. The van der Waals surface area contributed by atoms with Gasteiger partial charge in [0, 0.05) is 6.54 Å². The maximum Gasteiger partial charge on any atom is 0.204 e. The van der Waals surface area contributed by atoms with E-state index in [0.717, 1.165) is 6.54 Å². The summed E-state index contributed by atoms with van der Waals surface area (Å²) in [6, 6.07) is 12.7. The Hall–Kier alpha value is -2.33. The summed E-state index contributed by atoms with van der Waals surface area (Å²) in [6.07, 6.45) is 0. The van der Waals surface area contributed by atoms with Crippen LogP contribution in [0.4, 0.5) is 0 Å². The maximum absolute atomic E-state index is 12.7. The number of fused-ring (bicyclic) bond motifs is 2. The second-order valence-corrected chi connectivity index (χ2v) is 5.21. The molecule has 21 heavy (non-hydrogen) atoms. The van der Waals surface area contributed by atoms with E-state index in [4.69, 9.17) is 9.15 Å². The van der Waals surface area contributed by atoms with Gasteiger partial charge in [0.15, 0.2) is 0 Å². The highest BCUT2D eigenvalue weighted by molar-refractivity contribution is 5.93. The minimum absolute atomic E-state index is 0.0488. The van der Waals surface area contributed by atoms with Gasteiger partial charge in [-0.1, -0.05) is 18.2 Å². The summed E-state index contributed by atoms with van der Waals surface area (Å²) < 4.78 is 11.6. The fraction of sp³-hybridized carbons (Fsp3) is 0.235. The Morgan fingerprint density at radius 3 is 2.62 bits per heavy atom. The molecule has 0 amide bonds. The van der Waals surface area contributed by atoms with Crippen LogP contribution >= 0.6 is 0 Å². The van der Waals surface area contributed by atoms with Crippen molar-refractivity contribution in [2.24, 2.45) is 0 Å². The number of benzene rings is 2. The molecule has 0 radical (unpaired) electrons. The van der Waals surface area contributed by atoms with Crippen molar-refractivity contribution in [1.82, 2.24) is 4.90 Å². The van der Waals surface area contributed by atoms with Crippen LogP contribution in [0, 0.1) is 0 Å². The molecule has 1 aromatic heterocycles. The minimum Gasteiger partial charge on any atom is -0.491 e. The van der Waals surface area contributed by atoms with Crippen LogP contribution < -0.4 is 10.2 Å². The van der Waals surface area contributed by atoms with Gasteiger partial charge in [-0.15, -0.1) is 0 Å². The summed E-state index contributed by atoms with van der Waals surface area (Å²) >= 11 is 0. The van der Waals surface area contributed by atoms with Crippen LogP contribution in [0.3, 0.4) is 0 Å². The molecule has 0 bridgehead atoms. The highest BCUT2D eigenvalue weighted by Crippen LogP contribution is 2.25. The quantitative estimate of drug-likeness (QED) is 0.690. The first-order valence-electron chi connectivity index (χ1n) is 6.89. The van der Waals surface area contributed by atoms with Crippen molar-refractivity contribution < 1.29 is 9.15 Å². The molecule has 0 aliphatic rings. The molecular formula is C17H17NO3. The van der Waals surface area contributed by atoms with Crippen LogP contribution in [0.25, 0.3) is 21.9 Å². The first-order valence-corrected chi connectivity index (χ1v) is 6.89. The van der Waals surface area contributed by atoms with E-state index in [2.05, 4.69) is 0 Å². The fourth-order valence-corrected chi connectivity index (χ4v) is 2.27. The number of hydrogen-bond donors (Lipinski definition) is 0. The lowest BCUT2D eigenvalue weighted by Crippen LogP contribution is -2.19. The smallest absolute Gasteiger partial charge is 0.204 e. The minimum atomic E-state index is -0.0488. The number of ether oxygens (including phenoxy) is 1. The van der Waals surface area contributed by atoms with Crippen LogP contribution in [0.1, 0.15) is 0 Å². The molecule has 4 nitrogen and oxygen atoms in total. The van der Waals surface area contributed by atoms with Crippen molar-refractivity contribution in [2.75, 3.05) is 27.2 Å². The summed E-state index contributed by atoms with van der Waals surface area (Å²) in [5, 5.41) is 1.09. The van der Waals surface area contributed by atoms with Crippen molar-refractivity contribution in [1.29, 1.82) is 0 Å². The van der Waals surface area contributed by atoms with E-state index in [1.807, 2.05) is 43.3 Å². The third-order valence-corrected chi connectivity index (χ3v) is 3.36. The Kier molecular flexibility index (Phi) is 3.62. The van der Waals surface area contributed by atoms with Gasteiger partial charge in [0.05, 0.1) is 5.39 Å². The molecule has 0 saturated carbocycles. The first kappa shape index (κ1) is 13.6. The molecule has 0 saturated heterocycles. The molecule has 4 heteroatoms. The van der Waals surface area contributed by atoms with E-state index in [1.54, 1.807) is 18.2 Å². The third-order valence-electron chi connectivity index (χ3n) is 3.36. The Bertz CT molecular complexity index is 836. The molecule has 0 aliphatic heterocycles. The number of nitrogens with zero attached hydrogens (tertiary/aromatic N) is 1. The van der Waals surface area contributed by atoms with Gasteiger partial charge in [-0.2, -0.15) is 0 Å². The predicted molar refractivity (Wildman–Crippen MR) is 84.0 cm³/mol. The summed E-state index contributed by atoms with van der Waals surface area (Å²) in [5.41, 5.74) is 1.11. The SMILES string of the molecule is CN(C)CCOc1cccc2oc3ccccc3c(=O)c12. The Morgan fingerprint density at radius 1 is 1.05 bits per heavy atom. The summed E-state index contributed by atoms with van der Waals surface area (Å²) in [5.74, 6) is 0.578. The monoisotopic (exact) mass is 283 g/mol. The van der Waals surface area contributed by atoms with Gasteiger partial charge < -0.3 is 14.1 Å². The second kappa shape index (κ2) is 5.58. The molecule has 0 aliphatic carbocycles. The lowest BCUT2D eigenvalue weighted by atomic mass is 10.1. The van der Waals surface area contributed by atoms with Crippen molar-refractivity contribution in [3.8, 4) is 5.75 Å². The summed E-state index contributed by atoms with van der Waals surface area (Å²) in [6.45, 7) is 1.31. The predicted octanol–water partition coefficient (Wildman–Crippen LogP) is 2.89. The zero-order valence-corrected chi connectivity index (χ0v) is 12.1. The molecule has 0 fully saturated rings. The van der Waals surface area contributed by atoms with Gasteiger partial charge in [0.1, 0.15) is 28.9 Å². The number of para-hydroxylation sites is 1. The molecule has 1 heterocycles.